The summed E-state index contributed by atoms with van der Waals surface area (Å²) < 4.78 is 0. The van der Waals surface area contributed by atoms with Crippen LogP contribution in [0.2, 0.25) is 0 Å². The van der Waals surface area contributed by atoms with Crippen molar-refractivity contribution in [1.82, 2.24) is 25.5 Å². The van der Waals surface area contributed by atoms with Gasteiger partial charge in [0.2, 0.25) is 5.91 Å². The molecule has 150 valence electrons. The number of aryl methyl sites for hydroxylation is 1. The largest absolute Gasteiger partial charge is 0.351 e. The molecule has 6 nitrogen and oxygen atoms in total. The molecule has 1 aromatic carbocycles. The number of rotatable bonds is 7. The number of nitrogens with zero attached hydrogens (tertiary/aromatic N) is 4. The predicted molar refractivity (Wildman–Crippen MR) is 120 cm³/mol. The van der Waals surface area contributed by atoms with Crippen LogP contribution < -0.4 is 5.32 Å². The fourth-order valence-corrected chi connectivity index (χ4v) is 4.42. The summed E-state index contributed by atoms with van der Waals surface area (Å²) in [6.45, 7) is 2.49. The molecule has 0 aliphatic carbocycles. The number of nitrogens with one attached hydrogen (secondary N) is 1. The van der Waals surface area contributed by atoms with Crippen molar-refractivity contribution in [1.29, 1.82) is 0 Å². The maximum absolute atomic E-state index is 12.1. The lowest BCUT2D eigenvalue weighted by Crippen LogP contribution is -2.24. The molecule has 0 saturated carbocycles. The van der Waals surface area contributed by atoms with E-state index in [1.165, 1.54) is 11.8 Å². The van der Waals surface area contributed by atoms with E-state index in [4.69, 9.17) is 0 Å². The van der Waals surface area contributed by atoms with E-state index in [9.17, 15) is 4.79 Å². The first-order valence-electron chi connectivity index (χ1n) is 9.34. The molecule has 0 aliphatic rings. The van der Waals surface area contributed by atoms with E-state index in [1.807, 2.05) is 61.5 Å². The summed E-state index contributed by atoms with van der Waals surface area (Å²) >= 11 is 2.94. The average Bonchev–Trinajstić information content (AvgIpc) is 3.19. The molecule has 0 unspecified atom stereocenters. The number of hydrogen-bond donors (Lipinski definition) is 1. The zero-order valence-electron chi connectivity index (χ0n) is 16.3. The second-order valence-corrected chi connectivity index (χ2v) is 8.48. The lowest BCUT2D eigenvalue weighted by atomic mass is 10.2. The maximum atomic E-state index is 12.1. The minimum absolute atomic E-state index is 0.0332. The predicted octanol–water partition coefficient (Wildman–Crippen LogP) is 4.38. The van der Waals surface area contributed by atoms with Gasteiger partial charge < -0.3 is 5.32 Å². The Morgan fingerprint density at radius 3 is 2.67 bits per heavy atom. The molecule has 4 aromatic rings. The summed E-state index contributed by atoms with van der Waals surface area (Å²) in [4.78, 5) is 21.8. The van der Waals surface area contributed by atoms with Gasteiger partial charge in [0.1, 0.15) is 15.7 Å². The first-order chi connectivity index (χ1) is 14.7. The van der Waals surface area contributed by atoms with Gasteiger partial charge in [0.15, 0.2) is 0 Å². The summed E-state index contributed by atoms with van der Waals surface area (Å²) in [5.41, 5.74) is 3.75. The van der Waals surface area contributed by atoms with Gasteiger partial charge in [0, 0.05) is 24.5 Å². The number of amides is 1. The standard InChI is InChI=1S/C22H19N5OS2/c1-15-21(30-22(25-15)17-8-5-11-23-13-17)18-9-10-20(27-26-18)29-14-19(28)24-12-16-6-3-2-4-7-16/h2-11,13H,12,14H2,1H3,(H,24,28). The molecule has 30 heavy (non-hydrogen) atoms. The van der Waals surface area contributed by atoms with Gasteiger partial charge in [-0.3, -0.25) is 9.78 Å². The molecule has 0 spiro atoms. The van der Waals surface area contributed by atoms with Crippen LogP contribution in [0.25, 0.3) is 21.1 Å². The van der Waals surface area contributed by atoms with Gasteiger partial charge in [-0.1, -0.05) is 42.1 Å². The Bertz CT molecular complexity index is 1120. The lowest BCUT2D eigenvalue weighted by molar-refractivity contribution is -0.118. The van der Waals surface area contributed by atoms with Gasteiger partial charge in [0.05, 0.1) is 16.3 Å². The molecule has 0 bridgehead atoms. The molecule has 0 fully saturated rings. The summed E-state index contributed by atoms with van der Waals surface area (Å²) in [5.74, 6) is 0.264. The van der Waals surface area contributed by atoms with Gasteiger partial charge in [-0.2, -0.15) is 0 Å². The fourth-order valence-electron chi connectivity index (χ4n) is 2.75. The first-order valence-corrected chi connectivity index (χ1v) is 11.1. The SMILES string of the molecule is Cc1nc(-c2cccnc2)sc1-c1ccc(SCC(=O)NCc2ccccc2)nn1. The molecule has 0 aliphatic heterocycles. The van der Waals surface area contributed by atoms with Crippen LogP contribution in [0, 0.1) is 6.92 Å². The average molecular weight is 434 g/mol. The highest BCUT2D eigenvalue weighted by Gasteiger charge is 2.13. The van der Waals surface area contributed by atoms with Gasteiger partial charge in [-0.05, 0) is 36.8 Å². The third-order valence-electron chi connectivity index (χ3n) is 4.26. The Balaban J connectivity index is 1.35. The number of carbonyl (C=O) groups is 1. The summed E-state index contributed by atoms with van der Waals surface area (Å²) in [7, 11) is 0. The molecule has 4 rings (SSSR count). The number of thiazole rings is 1. The van der Waals surface area contributed by atoms with Gasteiger partial charge in [0.25, 0.3) is 0 Å². The molecular formula is C22H19N5OS2. The molecule has 0 atom stereocenters. The van der Waals surface area contributed by atoms with Crippen LogP contribution in [-0.4, -0.2) is 31.8 Å². The second kappa shape index (κ2) is 9.60. The highest BCUT2D eigenvalue weighted by atomic mass is 32.2. The van der Waals surface area contributed by atoms with E-state index < -0.39 is 0 Å². The Labute approximate surface area is 182 Å². The Morgan fingerprint density at radius 2 is 1.93 bits per heavy atom. The summed E-state index contributed by atoms with van der Waals surface area (Å²) in [5, 5.41) is 13.1. The molecule has 0 saturated heterocycles. The van der Waals surface area contributed by atoms with Crippen molar-refractivity contribution in [3.8, 4) is 21.1 Å². The van der Waals surface area contributed by atoms with Gasteiger partial charge in [-0.25, -0.2) is 4.98 Å². The Morgan fingerprint density at radius 1 is 1.07 bits per heavy atom. The van der Waals surface area contributed by atoms with Crippen LogP contribution in [0.1, 0.15) is 11.3 Å². The Kier molecular flexibility index (Phi) is 6.46. The van der Waals surface area contributed by atoms with Crippen molar-refractivity contribution < 1.29 is 4.79 Å². The minimum atomic E-state index is -0.0332. The highest BCUT2D eigenvalue weighted by Crippen LogP contribution is 2.34. The van der Waals surface area contributed by atoms with Crippen LogP contribution in [0.15, 0.2) is 72.0 Å². The van der Waals surface area contributed by atoms with E-state index in [-0.39, 0.29) is 5.91 Å². The zero-order valence-corrected chi connectivity index (χ0v) is 17.9. The van der Waals surface area contributed by atoms with E-state index >= 15 is 0 Å². The monoisotopic (exact) mass is 433 g/mol. The number of pyridine rings is 1. The van der Waals surface area contributed by atoms with Crippen LogP contribution in [0.4, 0.5) is 0 Å². The summed E-state index contributed by atoms with van der Waals surface area (Å²) in [6, 6.07) is 17.5. The third-order valence-corrected chi connectivity index (χ3v) is 6.41. The quantitative estimate of drug-likeness (QED) is 0.436. The van der Waals surface area contributed by atoms with Gasteiger partial charge >= 0.3 is 0 Å². The van der Waals surface area contributed by atoms with Crippen LogP contribution in [-0.2, 0) is 11.3 Å². The topological polar surface area (TPSA) is 80.7 Å². The fraction of sp³-hybridized carbons (Fsp3) is 0.136. The summed E-state index contributed by atoms with van der Waals surface area (Å²) in [6.07, 6.45) is 3.55. The van der Waals surface area contributed by atoms with Crippen molar-refractivity contribution in [3.05, 3.63) is 78.2 Å². The molecular weight excluding hydrogens is 414 g/mol. The number of hydrogen-bond acceptors (Lipinski definition) is 7. The molecule has 1 amide bonds. The molecule has 1 N–H and O–H groups in total. The lowest BCUT2D eigenvalue weighted by Gasteiger charge is -2.05. The van der Waals surface area contributed by atoms with Crippen LogP contribution in [0.3, 0.4) is 0 Å². The number of thioether (sulfide) groups is 1. The van der Waals surface area contributed by atoms with Crippen molar-refractivity contribution in [2.24, 2.45) is 0 Å². The van der Waals surface area contributed by atoms with E-state index in [0.717, 1.165) is 32.4 Å². The third kappa shape index (κ3) is 5.08. The Hall–Kier alpha value is -3.10. The van der Waals surface area contributed by atoms with E-state index in [0.29, 0.717) is 17.3 Å². The molecule has 3 aromatic heterocycles. The van der Waals surface area contributed by atoms with Crippen molar-refractivity contribution in [3.63, 3.8) is 0 Å². The van der Waals surface area contributed by atoms with Crippen LogP contribution in [0.5, 0.6) is 0 Å². The van der Waals surface area contributed by atoms with Crippen molar-refractivity contribution in [2.45, 2.75) is 18.5 Å². The number of aromatic nitrogens is 4. The second-order valence-electron chi connectivity index (χ2n) is 6.48. The smallest absolute Gasteiger partial charge is 0.230 e. The highest BCUT2D eigenvalue weighted by molar-refractivity contribution is 7.99. The minimum Gasteiger partial charge on any atom is -0.351 e. The zero-order chi connectivity index (χ0) is 20.8. The first kappa shape index (κ1) is 20.2. The van der Waals surface area contributed by atoms with Crippen molar-refractivity contribution in [2.75, 3.05) is 5.75 Å². The molecule has 3 heterocycles. The van der Waals surface area contributed by atoms with Gasteiger partial charge in [-0.15, -0.1) is 21.5 Å². The maximum Gasteiger partial charge on any atom is 0.230 e. The normalized spacial score (nSPS) is 10.7. The molecule has 8 heteroatoms. The van der Waals surface area contributed by atoms with Crippen LogP contribution >= 0.6 is 23.1 Å². The number of carbonyl (C=O) groups excluding carboxylic acids is 1. The molecule has 0 radical (unpaired) electrons. The van der Waals surface area contributed by atoms with E-state index in [2.05, 4.69) is 25.5 Å². The van der Waals surface area contributed by atoms with E-state index in [1.54, 1.807) is 23.7 Å². The number of benzene rings is 1. The van der Waals surface area contributed by atoms with Crippen molar-refractivity contribution >= 4 is 29.0 Å².